The van der Waals surface area contributed by atoms with Gasteiger partial charge in [0, 0.05) is 13.6 Å². The zero-order valence-electron chi connectivity index (χ0n) is 18.7. The van der Waals surface area contributed by atoms with E-state index in [4.69, 9.17) is 9.84 Å². The standard InChI is InChI=1S/C17H19NO3.C9H13NO/c1-18(12-11-14-7-9-16(19)10-8-14)17(20)21-13-15-5-3-2-4-6-15;1-10-7-6-8-2-4-9(11)5-3-8/h2-10,19H,11-13H2,1H3;2-5,10-11H,6-7H2,1H3. The highest BCUT2D eigenvalue weighted by Crippen LogP contribution is 2.11. The van der Waals surface area contributed by atoms with Crippen molar-refractivity contribution in [3.05, 3.63) is 95.6 Å². The molecule has 0 radical (unpaired) electrons. The molecule has 6 nitrogen and oxygen atoms in total. The lowest BCUT2D eigenvalue weighted by Gasteiger charge is -2.17. The predicted octanol–water partition coefficient (Wildman–Crippen LogP) is 4.36. The summed E-state index contributed by atoms with van der Waals surface area (Å²) < 4.78 is 5.24. The molecule has 0 aliphatic rings. The van der Waals surface area contributed by atoms with Gasteiger partial charge in [-0.3, -0.25) is 0 Å². The molecule has 0 aromatic heterocycles. The molecule has 0 fully saturated rings. The lowest BCUT2D eigenvalue weighted by atomic mass is 10.1. The van der Waals surface area contributed by atoms with Crippen molar-refractivity contribution in [3.63, 3.8) is 0 Å². The lowest BCUT2D eigenvalue weighted by molar-refractivity contribution is 0.105. The van der Waals surface area contributed by atoms with Gasteiger partial charge in [0.1, 0.15) is 18.1 Å². The SMILES string of the molecule is CN(CCc1ccc(O)cc1)C(=O)OCc1ccccc1.CNCCc1ccc(O)cc1. The van der Waals surface area contributed by atoms with Gasteiger partial charge in [-0.2, -0.15) is 0 Å². The number of benzene rings is 3. The minimum atomic E-state index is -0.336. The molecule has 0 atom stereocenters. The third kappa shape index (κ3) is 9.53. The van der Waals surface area contributed by atoms with Crippen LogP contribution in [0.15, 0.2) is 78.9 Å². The molecule has 3 N–H and O–H groups in total. The van der Waals surface area contributed by atoms with Crippen molar-refractivity contribution in [1.29, 1.82) is 0 Å². The number of aromatic hydroxyl groups is 2. The summed E-state index contributed by atoms with van der Waals surface area (Å²) in [5, 5.41) is 21.3. The average molecular weight is 437 g/mol. The van der Waals surface area contributed by atoms with Crippen LogP contribution in [0.4, 0.5) is 4.79 Å². The number of ether oxygens (including phenoxy) is 1. The van der Waals surface area contributed by atoms with Gasteiger partial charge in [-0.15, -0.1) is 0 Å². The van der Waals surface area contributed by atoms with Crippen molar-refractivity contribution >= 4 is 6.09 Å². The van der Waals surface area contributed by atoms with Gasteiger partial charge in [-0.05, 0) is 67.4 Å². The van der Waals surface area contributed by atoms with E-state index in [0.717, 1.165) is 30.5 Å². The Morgan fingerprint density at radius 3 is 1.88 bits per heavy atom. The number of likely N-dealkylation sites (N-methyl/N-ethyl adjacent to an activating group) is 2. The topological polar surface area (TPSA) is 82.0 Å². The molecule has 6 heteroatoms. The number of nitrogens with zero attached hydrogens (tertiary/aromatic N) is 1. The highest BCUT2D eigenvalue weighted by Gasteiger charge is 2.10. The number of amides is 1. The molecule has 3 aromatic rings. The molecule has 0 heterocycles. The molecule has 3 aromatic carbocycles. The fraction of sp³-hybridized carbons (Fsp3) is 0.269. The monoisotopic (exact) mass is 436 g/mol. The summed E-state index contributed by atoms with van der Waals surface area (Å²) >= 11 is 0. The summed E-state index contributed by atoms with van der Waals surface area (Å²) in [6.07, 6.45) is 1.39. The number of hydrogen-bond acceptors (Lipinski definition) is 5. The van der Waals surface area contributed by atoms with E-state index in [2.05, 4.69) is 5.32 Å². The predicted molar refractivity (Wildman–Crippen MR) is 127 cm³/mol. The minimum absolute atomic E-state index is 0.245. The van der Waals surface area contributed by atoms with Gasteiger partial charge in [0.15, 0.2) is 0 Å². The normalized spacial score (nSPS) is 10.1. The summed E-state index contributed by atoms with van der Waals surface area (Å²) in [6, 6.07) is 23.9. The van der Waals surface area contributed by atoms with Gasteiger partial charge in [0.05, 0.1) is 0 Å². The van der Waals surface area contributed by atoms with Crippen LogP contribution in [0.25, 0.3) is 0 Å². The molecule has 3 rings (SSSR count). The summed E-state index contributed by atoms with van der Waals surface area (Å²) in [5.74, 6) is 0.576. The van der Waals surface area contributed by atoms with Crippen LogP contribution in [-0.2, 0) is 24.2 Å². The van der Waals surface area contributed by atoms with E-state index in [9.17, 15) is 9.90 Å². The Morgan fingerprint density at radius 2 is 1.34 bits per heavy atom. The number of hydrogen-bond donors (Lipinski definition) is 3. The first kappa shape index (κ1) is 24.8. The van der Waals surface area contributed by atoms with Gasteiger partial charge < -0.3 is 25.2 Å². The van der Waals surface area contributed by atoms with E-state index in [0.29, 0.717) is 12.3 Å². The summed E-state index contributed by atoms with van der Waals surface area (Å²) in [6.45, 7) is 1.83. The number of carbonyl (C=O) groups is 1. The van der Waals surface area contributed by atoms with Gasteiger partial charge >= 0.3 is 6.09 Å². The Morgan fingerprint density at radius 1 is 0.812 bits per heavy atom. The molecule has 0 saturated heterocycles. The zero-order chi connectivity index (χ0) is 23.2. The Bertz CT molecular complexity index is 913. The highest BCUT2D eigenvalue weighted by molar-refractivity contribution is 5.67. The van der Waals surface area contributed by atoms with Crippen LogP contribution in [0, 0.1) is 0 Å². The lowest BCUT2D eigenvalue weighted by Crippen LogP contribution is -2.29. The largest absolute Gasteiger partial charge is 0.508 e. The van der Waals surface area contributed by atoms with Crippen LogP contribution >= 0.6 is 0 Å². The first-order valence-corrected chi connectivity index (χ1v) is 10.6. The fourth-order valence-electron chi connectivity index (χ4n) is 2.81. The number of phenols is 2. The number of rotatable bonds is 8. The fourth-order valence-corrected chi connectivity index (χ4v) is 2.81. The molecule has 0 bridgehead atoms. The Labute approximate surface area is 190 Å². The average Bonchev–Trinajstić information content (AvgIpc) is 2.82. The van der Waals surface area contributed by atoms with Crippen LogP contribution in [0.3, 0.4) is 0 Å². The molecule has 0 saturated carbocycles. The van der Waals surface area contributed by atoms with Crippen molar-refractivity contribution in [2.24, 2.45) is 0 Å². The van der Waals surface area contributed by atoms with Gasteiger partial charge in [-0.25, -0.2) is 4.79 Å². The molecule has 0 aliphatic heterocycles. The maximum atomic E-state index is 11.9. The minimum Gasteiger partial charge on any atom is -0.508 e. The second-order valence-corrected chi connectivity index (χ2v) is 7.40. The van der Waals surface area contributed by atoms with E-state index in [1.54, 1.807) is 36.2 Å². The Balaban J connectivity index is 0.000000278. The molecule has 32 heavy (non-hydrogen) atoms. The third-order valence-electron chi connectivity index (χ3n) is 4.79. The van der Waals surface area contributed by atoms with E-state index in [1.165, 1.54) is 5.56 Å². The summed E-state index contributed by atoms with van der Waals surface area (Å²) in [5.41, 5.74) is 3.28. The van der Waals surface area contributed by atoms with Gasteiger partial charge in [-0.1, -0.05) is 54.6 Å². The maximum Gasteiger partial charge on any atom is 0.409 e. The Hall–Kier alpha value is -3.51. The van der Waals surface area contributed by atoms with E-state index >= 15 is 0 Å². The molecule has 1 amide bonds. The number of nitrogens with one attached hydrogen (secondary N) is 1. The molecule has 170 valence electrons. The van der Waals surface area contributed by atoms with Crippen LogP contribution in [-0.4, -0.2) is 48.4 Å². The Kier molecular flexibility index (Phi) is 10.6. The molecular weight excluding hydrogens is 404 g/mol. The van der Waals surface area contributed by atoms with Crippen molar-refractivity contribution in [3.8, 4) is 11.5 Å². The van der Waals surface area contributed by atoms with Crippen LogP contribution in [0.2, 0.25) is 0 Å². The molecule has 0 spiro atoms. The molecular formula is C26H32N2O4. The van der Waals surface area contributed by atoms with E-state index in [1.807, 2.05) is 61.6 Å². The van der Waals surface area contributed by atoms with Crippen LogP contribution in [0.1, 0.15) is 16.7 Å². The van der Waals surface area contributed by atoms with Gasteiger partial charge in [0.2, 0.25) is 0 Å². The summed E-state index contributed by atoms with van der Waals surface area (Å²) in [7, 11) is 3.65. The van der Waals surface area contributed by atoms with Gasteiger partial charge in [0.25, 0.3) is 0 Å². The summed E-state index contributed by atoms with van der Waals surface area (Å²) in [4.78, 5) is 13.4. The second-order valence-electron chi connectivity index (χ2n) is 7.40. The number of phenolic OH excluding ortho intramolecular Hbond substituents is 2. The van der Waals surface area contributed by atoms with Crippen LogP contribution < -0.4 is 5.32 Å². The van der Waals surface area contributed by atoms with Crippen molar-refractivity contribution in [2.45, 2.75) is 19.4 Å². The van der Waals surface area contributed by atoms with Crippen molar-refractivity contribution in [1.82, 2.24) is 10.2 Å². The third-order valence-corrected chi connectivity index (χ3v) is 4.79. The van der Waals surface area contributed by atoms with Crippen LogP contribution in [0.5, 0.6) is 11.5 Å². The first-order valence-electron chi connectivity index (χ1n) is 10.6. The highest BCUT2D eigenvalue weighted by atomic mass is 16.6. The maximum absolute atomic E-state index is 11.9. The number of carbonyl (C=O) groups excluding carboxylic acids is 1. The molecule has 0 aliphatic carbocycles. The zero-order valence-corrected chi connectivity index (χ0v) is 18.7. The second kappa shape index (κ2) is 13.7. The van der Waals surface area contributed by atoms with Crippen molar-refractivity contribution in [2.75, 3.05) is 27.2 Å². The molecule has 0 unspecified atom stereocenters. The first-order chi connectivity index (χ1) is 15.5. The van der Waals surface area contributed by atoms with Crippen molar-refractivity contribution < 1.29 is 19.7 Å². The van der Waals surface area contributed by atoms with E-state index in [-0.39, 0.29) is 18.4 Å². The van der Waals surface area contributed by atoms with E-state index < -0.39 is 0 Å². The quantitative estimate of drug-likeness (QED) is 0.489. The smallest absolute Gasteiger partial charge is 0.409 e.